The molecule has 3 rings (SSSR count). The standard InChI is InChI=1S/C14H7BrN4S/c15-13-12(11-6-9(7-16)3-5-18-11)20-14(19-13)10-2-1-4-17-8-10/h1-6,8H. The van der Waals surface area contributed by atoms with Gasteiger partial charge < -0.3 is 0 Å². The van der Waals surface area contributed by atoms with E-state index in [9.17, 15) is 0 Å². The van der Waals surface area contributed by atoms with Crippen molar-refractivity contribution in [2.45, 2.75) is 0 Å². The first-order valence-corrected chi connectivity index (χ1v) is 7.32. The van der Waals surface area contributed by atoms with Crippen LogP contribution in [0.1, 0.15) is 5.56 Å². The van der Waals surface area contributed by atoms with E-state index in [0.717, 1.165) is 25.7 Å². The van der Waals surface area contributed by atoms with E-state index >= 15 is 0 Å². The van der Waals surface area contributed by atoms with Gasteiger partial charge in [-0.25, -0.2) is 4.98 Å². The fourth-order valence-corrected chi connectivity index (χ4v) is 3.35. The van der Waals surface area contributed by atoms with Crippen LogP contribution in [0.2, 0.25) is 0 Å². The largest absolute Gasteiger partial charge is 0.264 e. The summed E-state index contributed by atoms with van der Waals surface area (Å²) in [6.45, 7) is 0. The zero-order chi connectivity index (χ0) is 13.9. The minimum Gasteiger partial charge on any atom is -0.264 e. The average molecular weight is 343 g/mol. The number of rotatable bonds is 2. The summed E-state index contributed by atoms with van der Waals surface area (Å²) < 4.78 is 0.726. The van der Waals surface area contributed by atoms with Crippen LogP contribution in [-0.4, -0.2) is 15.0 Å². The van der Waals surface area contributed by atoms with E-state index in [-0.39, 0.29) is 0 Å². The number of hydrogen-bond acceptors (Lipinski definition) is 5. The molecule has 0 atom stereocenters. The van der Waals surface area contributed by atoms with Crippen molar-refractivity contribution in [3.8, 4) is 27.2 Å². The lowest BCUT2D eigenvalue weighted by molar-refractivity contribution is 1.28. The van der Waals surface area contributed by atoms with Crippen molar-refractivity contribution in [3.63, 3.8) is 0 Å². The molecule has 0 radical (unpaired) electrons. The fourth-order valence-electron chi connectivity index (χ4n) is 1.70. The lowest BCUT2D eigenvalue weighted by atomic mass is 10.2. The van der Waals surface area contributed by atoms with Crippen LogP contribution in [0, 0.1) is 11.3 Å². The highest BCUT2D eigenvalue weighted by molar-refractivity contribution is 9.10. The van der Waals surface area contributed by atoms with E-state index in [2.05, 4.69) is 37.0 Å². The van der Waals surface area contributed by atoms with Crippen LogP contribution in [0.3, 0.4) is 0 Å². The summed E-state index contributed by atoms with van der Waals surface area (Å²) in [6.07, 6.45) is 5.13. The Balaban J connectivity index is 2.08. The zero-order valence-electron chi connectivity index (χ0n) is 10.1. The summed E-state index contributed by atoms with van der Waals surface area (Å²) in [5, 5.41) is 9.82. The molecule has 6 heteroatoms. The van der Waals surface area contributed by atoms with Crippen molar-refractivity contribution in [2.24, 2.45) is 0 Å². The second kappa shape index (κ2) is 5.49. The Morgan fingerprint density at radius 3 is 2.90 bits per heavy atom. The van der Waals surface area contributed by atoms with E-state index in [0.29, 0.717) is 5.56 Å². The van der Waals surface area contributed by atoms with E-state index in [1.54, 1.807) is 30.7 Å². The third-order valence-electron chi connectivity index (χ3n) is 2.62. The van der Waals surface area contributed by atoms with Gasteiger partial charge in [-0.3, -0.25) is 9.97 Å². The fraction of sp³-hybridized carbons (Fsp3) is 0. The second-order valence-electron chi connectivity index (χ2n) is 3.92. The normalized spacial score (nSPS) is 10.2. The Hall–Kier alpha value is -2.10. The van der Waals surface area contributed by atoms with Gasteiger partial charge in [0.15, 0.2) is 0 Å². The van der Waals surface area contributed by atoms with Gasteiger partial charge in [-0.05, 0) is 40.2 Å². The first-order valence-electron chi connectivity index (χ1n) is 5.71. The minimum absolute atomic E-state index is 0.582. The second-order valence-corrected chi connectivity index (χ2v) is 5.67. The van der Waals surface area contributed by atoms with Crippen LogP contribution >= 0.6 is 27.3 Å². The lowest BCUT2D eigenvalue weighted by Crippen LogP contribution is -1.82. The molecule has 0 spiro atoms. The summed E-state index contributed by atoms with van der Waals surface area (Å²) >= 11 is 4.97. The summed E-state index contributed by atoms with van der Waals surface area (Å²) in [6, 6.07) is 9.38. The molecular weight excluding hydrogens is 336 g/mol. The predicted octanol–water partition coefficient (Wildman–Crippen LogP) is 3.90. The molecule has 0 saturated heterocycles. The Bertz CT molecular complexity index is 792. The minimum atomic E-state index is 0.582. The van der Waals surface area contributed by atoms with Gasteiger partial charge in [-0.2, -0.15) is 5.26 Å². The Labute approximate surface area is 127 Å². The molecule has 0 fully saturated rings. The monoisotopic (exact) mass is 342 g/mol. The SMILES string of the molecule is N#Cc1ccnc(-c2sc(-c3cccnc3)nc2Br)c1. The number of nitrogens with zero attached hydrogens (tertiary/aromatic N) is 4. The van der Waals surface area contributed by atoms with Crippen molar-refractivity contribution in [2.75, 3.05) is 0 Å². The molecule has 0 saturated carbocycles. The number of thiazole rings is 1. The third-order valence-corrected chi connectivity index (χ3v) is 4.58. The van der Waals surface area contributed by atoms with E-state index in [4.69, 9.17) is 5.26 Å². The molecule has 96 valence electrons. The van der Waals surface area contributed by atoms with E-state index < -0.39 is 0 Å². The zero-order valence-corrected chi connectivity index (χ0v) is 12.5. The Kier molecular flexibility index (Phi) is 3.54. The molecule has 3 heterocycles. The van der Waals surface area contributed by atoms with E-state index in [1.807, 2.05) is 12.1 Å². The molecule has 0 aliphatic heterocycles. The van der Waals surface area contributed by atoms with Gasteiger partial charge in [0.2, 0.25) is 0 Å². The van der Waals surface area contributed by atoms with Gasteiger partial charge in [0.25, 0.3) is 0 Å². The van der Waals surface area contributed by atoms with Crippen LogP contribution in [0.5, 0.6) is 0 Å². The number of hydrogen-bond donors (Lipinski definition) is 0. The molecular formula is C14H7BrN4S. The van der Waals surface area contributed by atoms with Crippen LogP contribution in [0.15, 0.2) is 47.5 Å². The van der Waals surface area contributed by atoms with Crippen LogP contribution < -0.4 is 0 Å². The molecule has 0 aliphatic rings. The maximum Gasteiger partial charge on any atom is 0.127 e. The number of pyridine rings is 2. The van der Waals surface area contributed by atoms with Crippen LogP contribution in [-0.2, 0) is 0 Å². The maximum absolute atomic E-state index is 8.95. The van der Waals surface area contributed by atoms with Gasteiger partial charge >= 0.3 is 0 Å². The highest BCUT2D eigenvalue weighted by atomic mass is 79.9. The van der Waals surface area contributed by atoms with Crippen LogP contribution in [0.25, 0.3) is 21.1 Å². The maximum atomic E-state index is 8.95. The van der Waals surface area contributed by atoms with Crippen molar-refractivity contribution < 1.29 is 0 Å². The van der Waals surface area contributed by atoms with Crippen molar-refractivity contribution in [1.82, 2.24) is 15.0 Å². The topological polar surface area (TPSA) is 62.5 Å². The van der Waals surface area contributed by atoms with Gasteiger partial charge in [0, 0.05) is 24.2 Å². The molecule has 20 heavy (non-hydrogen) atoms. The molecule has 0 aliphatic carbocycles. The van der Waals surface area contributed by atoms with Crippen molar-refractivity contribution in [3.05, 3.63) is 53.0 Å². The molecule has 0 N–H and O–H groups in total. The van der Waals surface area contributed by atoms with Gasteiger partial charge in [-0.1, -0.05) is 0 Å². The summed E-state index contributed by atoms with van der Waals surface area (Å²) in [5.41, 5.74) is 2.28. The molecule has 3 aromatic rings. The molecule has 3 aromatic heterocycles. The van der Waals surface area contributed by atoms with Crippen molar-refractivity contribution in [1.29, 1.82) is 5.26 Å². The molecule has 0 amide bonds. The van der Waals surface area contributed by atoms with Gasteiger partial charge in [0.1, 0.15) is 9.61 Å². The molecule has 4 nitrogen and oxygen atoms in total. The average Bonchev–Trinajstić information content (AvgIpc) is 2.90. The molecule has 0 bridgehead atoms. The van der Waals surface area contributed by atoms with E-state index in [1.165, 1.54) is 11.3 Å². The number of aromatic nitrogens is 3. The number of halogens is 1. The quantitative estimate of drug-likeness (QED) is 0.708. The number of nitriles is 1. The summed E-state index contributed by atoms with van der Waals surface area (Å²) in [5.74, 6) is 0. The highest BCUT2D eigenvalue weighted by Crippen LogP contribution is 2.37. The molecule has 0 aromatic carbocycles. The van der Waals surface area contributed by atoms with Crippen LogP contribution in [0.4, 0.5) is 0 Å². The smallest absolute Gasteiger partial charge is 0.127 e. The lowest BCUT2D eigenvalue weighted by Gasteiger charge is -1.96. The predicted molar refractivity (Wildman–Crippen MR) is 81.0 cm³/mol. The Morgan fingerprint density at radius 1 is 1.25 bits per heavy atom. The summed E-state index contributed by atoms with van der Waals surface area (Å²) in [4.78, 5) is 13.8. The first kappa shape index (κ1) is 12.9. The molecule has 0 unspecified atom stereocenters. The van der Waals surface area contributed by atoms with Crippen molar-refractivity contribution >= 4 is 27.3 Å². The third kappa shape index (κ3) is 2.46. The highest BCUT2D eigenvalue weighted by Gasteiger charge is 2.13. The Morgan fingerprint density at radius 2 is 2.15 bits per heavy atom. The first-order chi connectivity index (χ1) is 9.78. The van der Waals surface area contributed by atoms with Gasteiger partial charge in [-0.15, -0.1) is 11.3 Å². The summed E-state index contributed by atoms with van der Waals surface area (Å²) in [7, 11) is 0. The van der Waals surface area contributed by atoms with Gasteiger partial charge in [0.05, 0.1) is 22.2 Å².